The van der Waals surface area contributed by atoms with E-state index < -0.39 is 8.32 Å². The van der Waals surface area contributed by atoms with Crippen LogP contribution in [0.25, 0.3) is 11.3 Å². The number of rotatable bonds is 16. The molecule has 2 aromatic carbocycles. The van der Waals surface area contributed by atoms with E-state index in [1.165, 1.54) is 6.42 Å². The SMILES string of the molecule is CC(C)[Si](OCc1ccc(-n2nc(C(C)(C)C)cc2NC(=O)N[C@H]2CC[C@@H](Oc3ccc4nnc(N5[C@H](C)CCC[C@@H]5C)n4c3)c3ccccc32)cc1OCCN(C)C)(C(C)C)C(C)C. The summed E-state index contributed by atoms with van der Waals surface area (Å²) in [5.41, 5.74) is 6.68. The van der Waals surface area contributed by atoms with E-state index >= 15 is 0 Å². The van der Waals surface area contributed by atoms with Gasteiger partial charge >= 0.3 is 6.03 Å². The number of carbonyl (C=O) groups is 1. The quantitative estimate of drug-likeness (QED) is 0.0932. The summed E-state index contributed by atoms with van der Waals surface area (Å²) < 4.78 is 24.2. The van der Waals surface area contributed by atoms with Gasteiger partial charge in [-0.15, -0.1) is 10.2 Å². The molecule has 0 saturated carbocycles. The topological polar surface area (TPSA) is 123 Å². The maximum atomic E-state index is 14.1. The lowest BCUT2D eigenvalue weighted by Gasteiger charge is -2.42. The van der Waals surface area contributed by atoms with Crippen molar-refractivity contribution in [3.8, 4) is 17.2 Å². The Morgan fingerprint density at radius 3 is 2.23 bits per heavy atom. The number of anilines is 2. The van der Waals surface area contributed by atoms with Crippen LogP contribution in [0.4, 0.5) is 16.6 Å². The molecule has 2 amide bonds. The highest BCUT2D eigenvalue weighted by atomic mass is 28.4. The molecule has 7 rings (SSSR count). The first-order chi connectivity index (χ1) is 30.9. The van der Waals surface area contributed by atoms with Crippen molar-refractivity contribution in [1.29, 1.82) is 0 Å². The summed E-state index contributed by atoms with van der Waals surface area (Å²) in [5.74, 6) is 2.95. The van der Waals surface area contributed by atoms with Gasteiger partial charge in [0.25, 0.3) is 0 Å². The number of amides is 2. The maximum absolute atomic E-state index is 14.1. The Labute approximate surface area is 388 Å². The van der Waals surface area contributed by atoms with Crippen molar-refractivity contribution >= 4 is 31.8 Å². The van der Waals surface area contributed by atoms with Gasteiger partial charge in [-0.1, -0.05) is 92.6 Å². The molecule has 0 unspecified atom stereocenters. The van der Waals surface area contributed by atoms with Crippen LogP contribution in [0.2, 0.25) is 16.6 Å². The molecule has 5 aromatic rings. The van der Waals surface area contributed by atoms with Gasteiger partial charge in [0.05, 0.1) is 30.2 Å². The van der Waals surface area contributed by atoms with Crippen molar-refractivity contribution < 1.29 is 18.7 Å². The number of piperidine rings is 1. The third kappa shape index (κ3) is 10.4. The van der Waals surface area contributed by atoms with Crippen LogP contribution in [-0.2, 0) is 16.4 Å². The number of ether oxygens (including phenoxy) is 2. The molecule has 14 heteroatoms. The summed E-state index contributed by atoms with van der Waals surface area (Å²) >= 11 is 0. The highest BCUT2D eigenvalue weighted by Crippen LogP contribution is 2.44. The van der Waals surface area contributed by atoms with Gasteiger partial charge < -0.3 is 29.0 Å². The van der Waals surface area contributed by atoms with E-state index in [2.05, 4.69) is 135 Å². The maximum Gasteiger partial charge on any atom is 0.320 e. The van der Waals surface area contributed by atoms with Gasteiger partial charge in [-0.2, -0.15) is 5.10 Å². The molecule has 2 aliphatic rings. The van der Waals surface area contributed by atoms with Gasteiger partial charge in [0.2, 0.25) is 14.3 Å². The summed E-state index contributed by atoms with van der Waals surface area (Å²) in [5, 5.41) is 20.7. The first-order valence-corrected chi connectivity index (χ1v) is 26.1. The first-order valence-electron chi connectivity index (χ1n) is 24.0. The Morgan fingerprint density at radius 1 is 0.877 bits per heavy atom. The summed E-state index contributed by atoms with van der Waals surface area (Å²) in [4.78, 5) is 18.6. The van der Waals surface area contributed by atoms with Crippen LogP contribution in [-0.4, -0.2) is 83.0 Å². The number of nitrogens with one attached hydrogen (secondary N) is 2. The van der Waals surface area contributed by atoms with E-state index in [1.807, 2.05) is 61.4 Å². The Hall–Kier alpha value is -4.92. The molecule has 3 aromatic heterocycles. The summed E-state index contributed by atoms with van der Waals surface area (Å²) in [7, 11) is 1.96. The number of fused-ring (bicyclic) bond motifs is 2. The zero-order valence-electron chi connectivity index (χ0n) is 41.3. The molecular weight excluding hydrogens is 831 g/mol. The molecule has 0 radical (unpaired) electrons. The van der Waals surface area contributed by atoms with Gasteiger partial charge in [0.1, 0.15) is 30.0 Å². The van der Waals surface area contributed by atoms with Gasteiger partial charge in [0.15, 0.2) is 5.65 Å². The third-order valence-corrected chi connectivity index (χ3v) is 19.9. The number of hydrogen-bond donors (Lipinski definition) is 2. The fourth-order valence-electron chi connectivity index (χ4n) is 10.4. The van der Waals surface area contributed by atoms with Gasteiger partial charge in [-0.25, -0.2) is 9.48 Å². The highest BCUT2D eigenvalue weighted by Gasteiger charge is 2.45. The monoisotopic (exact) mass is 906 g/mol. The molecule has 13 nitrogen and oxygen atoms in total. The zero-order chi connectivity index (χ0) is 46.8. The number of carbonyl (C=O) groups excluding carboxylic acids is 1. The molecule has 1 aliphatic heterocycles. The van der Waals surface area contributed by atoms with Crippen molar-refractivity contribution in [2.24, 2.45) is 0 Å². The predicted molar refractivity (Wildman–Crippen MR) is 264 cm³/mol. The van der Waals surface area contributed by atoms with Crippen LogP contribution in [0.3, 0.4) is 0 Å². The number of pyridine rings is 1. The summed E-state index contributed by atoms with van der Waals surface area (Å²) in [6.07, 6.45) is 6.77. The molecule has 352 valence electrons. The van der Waals surface area contributed by atoms with Crippen LogP contribution < -0.4 is 25.0 Å². The van der Waals surface area contributed by atoms with Crippen molar-refractivity contribution in [2.45, 2.75) is 161 Å². The Balaban J connectivity index is 1.11. The van der Waals surface area contributed by atoms with Crippen LogP contribution in [0.15, 0.2) is 66.9 Å². The molecule has 65 heavy (non-hydrogen) atoms. The van der Waals surface area contributed by atoms with E-state index in [9.17, 15) is 4.79 Å². The fourth-order valence-corrected chi connectivity index (χ4v) is 15.8. The Bertz CT molecular complexity index is 2370. The van der Waals surface area contributed by atoms with Crippen molar-refractivity contribution in [1.82, 2.24) is 34.6 Å². The summed E-state index contributed by atoms with van der Waals surface area (Å²) in [6.45, 7) is 26.6. The number of nitrogens with zero attached hydrogens (tertiary/aromatic N) is 7. The number of urea groups is 1. The summed E-state index contributed by atoms with van der Waals surface area (Å²) in [6, 6.07) is 20.6. The molecule has 4 atom stereocenters. The fraction of sp³-hybridized carbons (Fsp3) is 0.569. The lowest BCUT2D eigenvalue weighted by molar-refractivity contribution is 0.171. The molecule has 0 bridgehead atoms. The van der Waals surface area contributed by atoms with Crippen molar-refractivity contribution in [3.05, 3.63) is 89.2 Å². The molecule has 1 fully saturated rings. The average Bonchev–Trinajstić information content (AvgIpc) is 3.86. The lowest BCUT2D eigenvalue weighted by Crippen LogP contribution is -2.47. The van der Waals surface area contributed by atoms with Crippen LogP contribution in [0.5, 0.6) is 11.5 Å². The van der Waals surface area contributed by atoms with Crippen molar-refractivity contribution in [3.63, 3.8) is 0 Å². The number of aromatic nitrogens is 5. The van der Waals surface area contributed by atoms with E-state index in [4.69, 9.17) is 19.0 Å². The average molecular weight is 906 g/mol. The minimum atomic E-state index is -2.14. The number of hydrogen-bond acceptors (Lipinski definition) is 9. The predicted octanol–water partition coefficient (Wildman–Crippen LogP) is 11.4. The third-order valence-electron chi connectivity index (χ3n) is 13.8. The normalized spacial score (nSPS) is 19.4. The molecule has 1 saturated heterocycles. The van der Waals surface area contributed by atoms with Crippen LogP contribution in [0, 0.1) is 0 Å². The number of benzene rings is 2. The molecule has 0 spiro atoms. The van der Waals surface area contributed by atoms with E-state index in [0.29, 0.717) is 54.2 Å². The Morgan fingerprint density at radius 2 is 1.57 bits per heavy atom. The van der Waals surface area contributed by atoms with Crippen molar-refractivity contribution in [2.75, 3.05) is 37.5 Å². The smallest absolute Gasteiger partial charge is 0.320 e. The molecule has 1 aliphatic carbocycles. The van der Waals surface area contributed by atoms with Gasteiger partial charge in [-0.3, -0.25) is 9.72 Å². The minimum Gasteiger partial charge on any atom is -0.492 e. The largest absolute Gasteiger partial charge is 0.492 e. The van der Waals surface area contributed by atoms with E-state index in [-0.39, 0.29) is 23.6 Å². The zero-order valence-corrected chi connectivity index (χ0v) is 42.3. The van der Waals surface area contributed by atoms with Gasteiger partial charge in [0, 0.05) is 41.7 Å². The van der Waals surface area contributed by atoms with Crippen LogP contribution in [0.1, 0.15) is 143 Å². The standard InChI is InChI=1S/C51H75N9O4Si/c1-33(2)65(34(3)4,35(5)6)63-32-38-21-22-39(29-45(38)62-28-27-57(12)13)60-48(30-46(56-60)51(9,10)11)53-49(61)52-43-24-25-44(42-20-15-14-19-41(42)43)64-40-23-26-47-54-55-50(58(47)31-40)59-36(7)17-16-18-37(59)8/h14-15,19-23,26,29-31,33-37,43-44H,16-18,24-25,27-28,32H2,1-13H3,(H2,52,53,61)/t36-,37+,43-,44+/m0/s1. The molecular formula is C51H75N9O4Si. The first kappa shape index (κ1) is 48.0. The van der Waals surface area contributed by atoms with E-state index in [1.54, 1.807) is 0 Å². The van der Waals surface area contributed by atoms with Crippen LogP contribution >= 0.6 is 0 Å². The molecule has 4 heterocycles. The lowest BCUT2D eigenvalue weighted by atomic mass is 9.85. The highest BCUT2D eigenvalue weighted by molar-refractivity contribution is 6.77. The number of likely N-dealkylation sites (N-methyl/N-ethyl adjacent to an activating group) is 1. The Kier molecular flexibility index (Phi) is 14.7. The molecule has 2 N–H and O–H groups in total. The second-order valence-electron chi connectivity index (χ2n) is 20.7. The second kappa shape index (κ2) is 19.9. The second-order valence-corrected chi connectivity index (χ2v) is 26.2. The van der Waals surface area contributed by atoms with Gasteiger partial charge in [-0.05, 0) is 106 Å². The van der Waals surface area contributed by atoms with E-state index in [0.717, 1.165) is 77.0 Å². The minimum absolute atomic E-state index is 0.185.